The van der Waals surface area contributed by atoms with Gasteiger partial charge in [-0.3, -0.25) is 4.79 Å². The van der Waals surface area contributed by atoms with Gasteiger partial charge in [0.1, 0.15) is 5.82 Å². The summed E-state index contributed by atoms with van der Waals surface area (Å²) in [5.74, 6) is 1.66. The molecule has 2 aromatic rings. The van der Waals surface area contributed by atoms with Crippen molar-refractivity contribution in [2.24, 2.45) is 5.92 Å². The molecule has 1 aromatic carbocycles. The lowest BCUT2D eigenvalue weighted by molar-refractivity contribution is -0.135. The van der Waals surface area contributed by atoms with Crippen LogP contribution in [0.3, 0.4) is 0 Å². The monoisotopic (exact) mass is 466 g/mol. The molecule has 1 fully saturated rings. The fourth-order valence-electron chi connectivity index (χ4n) is 4.41. The SMILES string of the molecule is CCNC(=O)Nc1ccc(-c2nc3c(c(N4CCOC[C@@H]4C)n2)CCN(C(=O)C(C)C)C3)cc1. The third-order valence-electron chi connectivity index (χ3n) is 6.23. The Morgan fingerprint density at radius 2 is 1.94 bits per heavy atom. The molecule has 1 saturated heterocycles. The zero-order valence-corrected chi connectivity index (χ0v) is 20.4. The minimum absolute atomic E-state index is 0.0495. The van der Waals surface area contributed by atoms with E-state index in [1.54, 1.807) is 0 Å². The topological polar surface area (TPSA) is 99.7 Å². The molecule has 0 aliphatic carbocycles. The van der Waals surface area contributed by atoms with Gasteiger partial charge in [-0.05, 0) is 44.5 Å². The average Bonchev–Trinajstić information content (AvgIpc) is 2.83. The highest BCUT2D eigenvalue weighted by atomic mass is 16.5. The maximum atomic E-state index is 12.7. The highest BCUT2D eigenvalue weighted by Crippen LogP contribution is 2.32. The quantitative estimate of drug-likeness (QED) is 0.703. The number of ether oxygens (including phenoxy) is 1. The molecule has 2 aliphatic rings. The summed E-state index contributed by atoms with van der Waals surface area (Å²) in [4.78, 5) is 38.6. The zero-order chi connectivity index (χ0) is 24.2. The van der Waals surface area contributed by atoms with Crippen LogP contribution in [0.25, 0.3) is 11.4 Å². The van der Waals surface area contributed by atoms with E-state index in [1.807, 2.05) is 49.9 Å². The predicted molar refractivity (Wildman–Crippen MR) is 132 cm³/mol. The standard InChI is InChI=1S/C25H34N6O3/c1-5-26-25(33)27-19-8-6-18(7-9-19)22-28-21-14-30(24(32)16(2)3)11-10-20(21)23(29-22)31-12-13-34-15-17(31)4/h6-9,16-17H,5,10-15H2,1-4H3,(H2,26,27,33)/t17-/m0/s1. The lowest BCUT2D eigenvalue weighted by Crippen LogP contribution is -2.46. The Kier molecular flexibility index (Phi) is 7.31. The number of hydrogen-bond acceptors (Lipinski definition) is 6. The third-order valence-corrected chi connectivity index (χ3v) is 6.23. The van der Waals surface area contributed by atoms with Crippen LogP contribution in [0.5, 0.6) is 0 Å². The normalized spacial score (nSPS) is 18.0. The number of carbonyl (C=O) groups is 2. The highest BCUT2D eigenvalue weighted by Gasteiger charge is 2.30. The summed E-state index contributed by atoms with van der Waals surface area (Å²) in [6.45, 7) is 11.7. The Balaban J connectivity index is 1.69. The number of nitrogens with zero attached hydrogens (tertiary/aromatic N) is 4. The summed E-state index contributed by atoms with van der Waals surface area (Å²) in [5, 5.41) is 5.53. The summed E-state index contributed by atoms with van der Waals surface area (Å²) < 4.78 is 5.65. The number of rotatable bonds is 5. The van der Waals surface area contributed by atoms with Crippen LogP contribution >= 0.6 is 0 Å². The van der Waals surface area contributed by atoms with E-state index in [0.717, 1.165) is 35.6 Å². The fraction of sp³-hybridized carbons (Fsp3) is 0.520. The minimum atomic E-state index is -0.237. The van der Waals surface area contributed by atoms with Crippen LogP contribution in [0.1, 0.15) is 39.0 Å². The van der Waals surface area contributed by atoms with E-state index in [4.69, 9.17) is 14.7 Å². The van der Waals surface area contributed by atoms with Gasteiger partial charge in [0.05, 0.1) is 31.5 Å². The first-order chi connectivity index (χ1) is 16.4. The molecule has 1 atom stereocenters. The van der Waals surface area contributed by atoms with Gasteiger partial charge >= 0.3 is 6.03 Å². The maximum absolute atomic E-state index is 12.7. The number of fused-ring (bicyclic) bond motifs is 1. The van der Waals surface area contributed by atoms with E-state index < -0.39 is 0 Å². The van der Waals surface area contributed by atoms with Gasteiger partial charge in [0.25, 0.3) is 0 Å². The summed E-state index contributed by atoms with van der Waals surface area (Å²) >= 11 is 0. The molecule has 182 valence electrons. The van der Waals surface area contributed by atoms with Crippen molar-refractivity contribution in [3.8, 4) is 11.4 Å². The molecule has 34 heavy (non-hydrogen) atoms. The lowest BCUT2D eigenvalue weighted by Gasteiger charge is -2.38. The number of carbonyl (C=O) groups excluding carboxylic acids is 2. The minimum Gasteiger partial charge on any atom is -0.377 e. The molecule has 3 amide bonds. The summed E-state index contributed by atoms with van der Waals surface area (Å²) in [6.07, 6.45) is 0.739. The van der Waals surface area contributed by atoms with E-state index in [2.05, 4.69) is 22.5 Å². The first-order valence-corrected chi connectivity index (χ1v) is 12.1. The van der Waals surface area contributed by atoms with Crippen LogP contribution < -0.4 is 15.5 Å². The summed E-state index contributed by atoms with van der Waals surface area (Å²) in [6, 6.07) is 7.49. The molecule has 4 rings (SSSR count). The van der Waals surface area contributed by atoms with Crippen LogP contribution in [0.2, 0.25) is 0 Å². The van der Waals surface area contributed by atoms with E-state index in [1.165, 1.54) is 0 Å². The Labute approximate surface area is 200 Å². The van der Waals surface area contributed by atoms with Gasteiger partial charge in [-0.25, -0.2) is 14.8 Å². The van der Waals surface area contributed by atoms with Crippen molar-refractivity contribution in [2.45, 2.75) is 46.7 Å². The molecule has 3 heterocycles. The molecule has 0 unspecified atom stereocenters. The number of nitrogens with one attached hydrogen (secondary N) is 2. The van der Waals surface area contributed by atoms with Crippen molar-refractivity contribution in [2.75, 3.05) is 43.1 Å². The zero-order valence-electron chi connectivity index (χ0n) is 20.4. The number of urea groups is 1. The Morgan fingerprint density at radius 3 is 2.62 bits per heavy atom. The van der Waals surface area contributed by atoms with Crippen molar-refractivity contribution >= 4 is 23.4 Å². The highest BCUT2D eigenvalue weighted by molar-refractivity contribution is 5.89. The van der Waals surface area contributed by atoms with Crippen LogP contribution in [-0.4, -0.2) is 65.7 Å². The van der Waals surface area contributed by atoms with Gasteiger partial charge in [0.15, 0.2) is 5.82 Å². The second kappa shape index (κ2) is 10.4. The van der Waals surface area contributed by atoms with Crippen molar-refractivity contribution < 1.29 is 14.3 Å². The third kappa shape index (κ3) is 5.14. The van der Waals surface area contributed by atoms with Crippen molar-refractivity contribution in [1.82, 2.24) is 20.2 Å². The fourth-order valence-corrected chi connectivity index (χ4v) is 4.41. The van der Waals surface area contributed by atoms with E-state index in [0.29, 0.717) is 44.4 Å². The van der Waals surface area contributed by atoms with Gasteiger partial charge in [-0.2, -0.15) is 0 Å². The van der Waals surface area contributed by atoms with Crippen LogP contribution in [0.4, 0.5) is 16.3 Å². The van der Waals surface area contributed by atoms with Gasteiger partial charge in [-0.1, -0.05) is 13.8 Å². The molecule has 2 N–H and O–H groups in total. The summed E-state index contributed by atoms with van der Waals surface area (Å²) in [7, 11) is 0. The smallest absolute Gasteiger partial charge is 0.319 e. The first-order valence-electron chi connectivity index (χ1n) is 12.1. The second-order valence-electron chi connectivity index (χ2n) is 9.14. The number of aromatic nitrogens is 2. The predicted octanol–water partition coefficient (Wildman–Crippen LogP) is 3.05. The van der Waals surface area contributed by atoms with E-state index in [9.17, 15) is 9.59 Å². The van der Waals surface area contributed by atoms with E-state index in [-0.39, 0.29) is 23.9 Å². The summed E-state index contributed by atoms with van der Waals surface area (Å²) in [5.41, 5.74) is 3.59. The molecule has 0 radical (unpaired) electrons. The largest absolute Gasteiger partial charge is 0.377 e. The number of amides is 3. The lowest BCUT2D eigenvalue weighted by atomic mass is 10.0. The number of benzene rings is 1. The Hall–Kier alpha value is -3.20. The molecule has 2 aliphatic heterocycles. The Bertz CT molecular complexity index is 1040. The van der Waals surface area contributed by atoms with E-state index >= 15 is 0 Å². The molecule has 0 bridgehead atoms. The molecule has 0 saturated carbocycles. The number of morpholine rings is 1. The van der Waals surface area contributed by atoms with Crippen molar-refractivity contribution in [3.63, 3.8) is 0 Å². The van der Waals surface area contributed by atoms with Crippen molar-refractivity contribution in [1.29, 1.82) is 0 Å². The Morgan fingerprint density at radius 1 is 1.18 bits per heavy atom. The number of hydrogen-bond donors (Lipinski definition) is 2. The molecular formula is C25H34N6O3. The number of anilines is 2. The van der Waals surface area contributed by atoms with Gasteiger partial charge < -0.3 is 25.2 Å². The molecule has 0 spiro atoms. The van der Waals surface area contributed by atoms with Crippen LogP contribution in [-0.2, 0) is 22.5 Å². The van der Waals surface area contributed by atoms with Gasteiger partial charge in [0.2, 0.25) is 5.91 Å². The average molecular weight is 467 g/mol. The first kappa shape index (κ1) is 23.9. The molecule has 9 nitrogen and oxygen atoms in total. The van der Waals surface area contributed by atoms with Gasteiger partial charge in [-0.15, -0.1) is 0 Å². The second-order valence-corrected chi connectivity index (χ2v) is 9.14. The van der Waals surface area contributed by atoms with Crippen molar-refractivity contribution in [3.05, 3.63) is 35.5 Å². The molecule has 9 heteroatoms. The van der Waals surface area contributed by atoms with Crippen LogP contribution in [0.15, 0.2) is 24.3 Å². The van der Waals surface area contributed by atoms with Crippen LogP contribution in [0, 0.1) is 5.92 Å². The molecule has 1 aromatic heterocycles. The van der Waals surface area contributed by atoms with Gasteiger partial charge in [0, 0.05) is 42.4 Å². The maximum Gasteiger partial charge on any atom is 0.319 e. The molecular weight excluding hydrogens is 432 g/mol.